The maximum absolute atomic E-state index is 14.2. The average Bonchev–Trinajstić information content (AvgIpc) is 3.05. The zero-order chi connectivity index (χ0) is 18.1. The van der Waals surface area contributed by atoms with Gasteiger partial charge in [0, 0.05) is 36.7 Å². The number of anilines is 1. The highest BCUT2D eigenvalue weighted by Gasteiger charge is 2.16. The standard InChI is InChI=1S/C19H21FN4O2/c1-12(25)8-14-9-15-17(11-16(14)20)22-23-19(15)13-2-3-21-18(10-13)24-4-6-26-7-5-24/h2-3,9-12,25H,4-8H2,1H3,(H,22,23). The van der Waals surface area contributed by atoms with Crippen LogP contribution < -0.4 is 4.90 Å². The second-order valence-electron chi connectivity index (χ2n) is 6.62. The number of halogens is 1. The lowest BCUT2D eigenvalue weighted by molar-refractivity contribution is 0.122. The predicted molar refractivity (Wildman–Crippen MR) is 97.7 cm³/mol. The fourth-order valence-corrected chi connectivity index (χ4v) is 3.31. The summed E-state index contributed by atoms with van der Waals surface area (Å²) in [6.45, 7) is 4.65. The molecule has 1 saturated heterocycles. The summed E-state index contributed by atoms with van der Waals surface area (Å²) in [6, 6.07) is 7.11. The molecule has 2 N–H and O–H groups in total. The Balaban J connectivity index is 1.74. The number of nitrogens with zero attached hydrogens (tertiary/aromatic N) is 3. The molecule has 1 aliphatic rings. The van der Waals surface area contributed by atoms with Gasteiger partial charge in [-0.1, -0.05) is 0 Å². The molecule has 1 atom stereocenters. The minimum atomic E-state index is -0.605. The molecule has 4 rings (SSSR count). The quantitative estimate of drug-likeness (QED) is 0.751. The summed E-state index contributed by atoms with van der Waals surface area (Å²) < 4.78 is 19.6. The van der Waals surface area contributed by atoms with Gasteiger partial charge in [0.15, 0.2) is 0 Å². The van der Waals surface area contributed by atoms with E-state index < -0.39 is 6.10 Å². The van der Waals surface area contributed by atoms with E-state index in [1.807, 2.05) is 12.1 Å². The highest BCUT2D eigenvalue weighted by atomic mass is 19.1. The average molecular weight is 356 g/mol. The van der Waals surface area contributed by atoms with E-state index in [4.69, 9.17) is 4.74 Å². The van der Waals surface area contributed by atoms with Gasteiger partial charge in [-0.15, -0.1) is 0 Å². The van der Waals surface area contributed by atoms with Crippen molar-refractivity contribution < 1.29 is 14.2 Å². The second-order valence-corrected chi connectivity index (χ2v) is 6.62. The van der Waals surface area contributed by atoms with Crippen molar-refractivity contribution in [1.29, 1.82) is 0 Å². The van der Waals surface area contributed by atoms with Crippen molar-refractivity contribution in [2.24, 2.45) is 0 Å². The third-order valence-electron chi connectivity index (χ3n) is 4.60. The van der Waals surface area contributed by atoms with Crippen molar-refractivity contribution in [3.8, 4) is 11.3 Å². The summed E-state index contributed by atoms with van der Waals surface area (Å²) >= 11 is 0. The van der Waals surface area contributed by atoms with Gasteiger partial charge in [0.1, 0.15) is 17.3 Å². The molecule has 1 unspecified atom stereocenters. The summed E-state index contributed by atoms with van der Waals surface area (Å²) in [5, 5.41) is 17.7. The molecular weight excluding hydrogens is 335 g/mol. The number of nitrogens with one attached hydrogen (secondary N) is 1. The minimum absolute atomic E-state index is 0.266. The largest absolute Gasteiger partial charge is 0.393 e. The number of morpholine rings is 1. The molecule has 0 radical (unpaired) electrons. The molecule has 1 fully saturated rings. The Morgan fingerprint density at radius 2 is 2.12 bits per heavy atom. The number of aromatic nitrogens is 3. The van der Waals surface area contributed by atoms with Crippen LogP contribution in [0.2, 0.25) is 0 Å². The fraction of sp³-hybridized carbons (Fsp3) is 0.368. The molecule has 7 heteroatoms. The topological polar surface area (TPSA) is 74.3 Å². The van der Waals surface area contributed by atoms with Gasteiger partial charge >= 0.3 is 0 Å². The minimum Gasteiger partial charge on any atom is -0.393 e. The highest BCUT2D eigenvalue weighted by Crippen LogP contribution is 2.30. The molecule has 0 aliphatic carbocycles. The Labute approximate surface area is 150 Å². The summed E-state index contributed by atoms with van der Waals surface area (Å²) in [5.74, 6) is 0.547. The van der Waals surface area contributed by atoms with E-state index in [0.717, 1.165) is 35.6 Å². The first-order valence-electron chi connectivity index (χ1n) is 8.75. The Morgan fingerprint density at radius 3 is 2.88 bits per heavy atom. The summed E-state index contributed by atoms with van der Waals surface area (Å²) in [4.78, 5) is 6.64. The molecule has 0 saturated carbocycles. The highest BCUT2D eigenvalue weighted by molar-refractivity contribution is 5.93. The predicted octanol–water partition coefficient (Wildman–Crippen LogP) is 2.52. The van der Waals surface area contributed by atoms with Crippen molar-refractivity contribution in [2.75, 3.05) is 31.2 Å². The number of hydrogen-bond acceptors (Lipinski definition) is 5. The van der Waals surface area contributed by atoms with Crippen LogP contribution in [0.15, 0.2) is 30.5 Å². The van der Waals surface area contributed by atoms with E-state index in [9.17, 15) is 9.50 Å². The first-order chi connectivity index (χ1) is 12.6. The van der Waals surface area contributed by atoms with E-state index in [0.29, 0.717) is 24.3 Å². The van der Waals surface area contributed by atoms with Crippen molar-refractivity contribution in [3.05, 3.63) is 41.8 Å². The maximum atomic E-state index is 14.2. The fourth-order valence-electron chi connectivity index (χ4n) is 3.31. The molecule has 136 valence electrons. The number of H-pyrrole nitrogens is 1. The van der Waals surface area contributed by atoms with Gasteiger partial charge in [-0.3, -0.25) is 5.10 Å². The van der Waals surface area contributed by atoms with Crippen molar-refractivity contribution in [2.45, 2.75) is 19.4 Å². The zero-order valence-electron chi connectivity index (χ0n) is 14.6. The van der Waals surface area contributed by atoms with Gasteiger partial charge in [0.25, 0.3) is 0 Å². The van der Waals surface area contributed by atoms with Crippen LogP contribution in [0, 0.1) is 5.82 Å². The number of aliphatic hydroxyl groups excluding tert-OH is 1. The van der Waals surface area contributed by atoms with Crippen molar-refractivity contribution >= 4 is 16.7 Å². The molecule has 3 heterocycles. The van der Waals surface area contributed by atoms with Gasteiger partial charge in [-0.25, -0.2) is 9.37 Å². The summed E-state index contributed by atoms with van der Waals surface area (Å²) in [6.07, 6.45) is 1.42. The van der Waals surface area contributed by atoms with Crippen molar-refractivity contribution in [1.82, 2.24) is 15.2 Å². The maximum Gasteiger partial charge on any atom is 0.129 e. The molecule has 0 spiro atoms. The van der Waals surface area contributed by atoms with E-state index in [1.165, 1.54) is 6.07 Å². The van der Waals surface area contributed by atoms with Gasteiger partial charge in [-0.05, 0) is 36.8 Å². The lowest BCUT2D eigenvalue weighted by Gasteiger charge is -2.27. The lowest BCUT2D eigenvalue weighted by Crippen LogP contribution is -2.36. The number of pyridine rings is 1. The summed E-state index contributed by atoms with van der Waals surface area (Å²) in [5.41, 5.74) is 2.79. The zero-order valence-corrected chi connectivity index (χ0v) is 14.6. The van der Waals surface area contributed by atoms with Crippen LogP contribution in [0.5, 0.6) is 0 Å². The van der Waals surface area contributed by atoms with E-state index in [1.54, 1.807) is 19.2 Å². The number of aliphatic hydroxyl groups is 1. The monoisotopic (exact) mass is 356 g/mol. The van der Waals surface area contributed by atoms with Crippen LogP contribution in [-0.4, -0.2) is 52.7 Å². The van der Waals surface area contributed by atoms with Crippen LogP contribution in [0.25, 0.3) is 22.2 Å². The van der Waals surface area contributed by atoms with Crippen LogP contribution in [0.3, 0.4) is 0 Å². The molecule has 6 nitrogen and oxygen atoms in total. The van der Waals surface area contributed by atoms with Crippen LogP contribution in [0.1, 0.15) is 12.5 Å². The van der Waals surface area contributed by atoms with Crippen LogP contribution >= 0.6 is 0 Å². The third-order valence-corrected chi connectivity index (χ3v) is 4.60. The molecule has 2 aromatic heterocycles. The number of fused-ring (bicyclic) bond motifs is 1. The second kappa shape index (κ2) is 7.01. The molecule has 0 bridgehead atoms. The Hall–Kier alpha value is -2.51. The molecule has 0 amide bonds. The number of rotatable bonds is 4. The third kappa shape index (κ3) is 3.27. The number of ether oxygens (including phenoxy) is 1. The van der Waals surface area contributed by atoms with E-state index in [-0.39, 0.29) is 12.2 Å². The molecule has 1 aromatic carbocycles. The summed E-state index contributed by atoms with van der Waals surface area (Å²) in [7, 11) is 0. The van der Waals surface area contributed by atoms with Gasteiger partial charge < -0.3 is 14.7 Å². The van der Waals surface area contributed by atoms with E-state index in [2.05, 4.69) is 20.1 Å². The van der Waals surface area contributed by atoms with Gasteiger partial charge in [-0.2, -0.15) is 5.10 Å². The molecular formula is C19H21FN4O2. The van der Waals surface area contributed by atoms with Crippen LogP contribution in [-0.2, 0) is 11.2 Å². The SMILES string of the molecule is CC(O)Cc1cc2c(-c3ccnc(N4CCOCC4)c3)n[nH]c2cc1F. The first-order valence-corrected chi connectivity index (χ1v) is 8.75. The Bertz CT molecular complexity index is 919. The number of hydrogen-bond donors (Lipinski definition) is 2. The Kier molecular flexibility index (Phi) is 4.57. The smallest absolute Gasteiger partial charge is 0.129 e. The van der Waals surface area contributed by atoms with Gasteiger partial charge in [0.2, 0.25) is 0 Å². The molecule has 26 heavy (non-hydrogen) atoms. The first kappa shape index (κ1) is 16.9. The Morgan fingerprint density at radius 1 is 1.31 bits per heavy atom. The van der Waals surface area contributed by atoms with E-state index >= 15 is 0 Å². The molecule has 1 aliphatic heterocycles. The van der Waals surface area contributed by atoms with Crippen LogP contribution in [0.4, 0.5) is 10.2 Å². The number of benzene rings is 1. The molecule has 3 aromatic rings. The van der Waals surface area contributed by atoms with Crippen molar-refractivity contribution in [3.63, 3.8) is 0 Å². The normalized spacial score (nSPS) is 16.2. The lowest BCUT2D eigenvalue weighted by atomic mass is 10.0. The number of aromatic amines is 1. The van der Waals surface area contributed by atoms with Gasteiger partial charge in [0.05, 0.1) is 24.8 Å².